The zero-order valence-corrected chi connectivity index (χ0v) is 13.8. The minimum Gasteiger partial charge on any atom is -0.337 e. The largest absolute Gasteiger partial charge is 0.337 e. The number of hydrogen-bond donors (Lipinski definition) is 0. The van der Waals surface area contributed by atoms with Gasteiger partial charge in [-0.15, -0.1) is 0 Å². The molecule has 0 spiro atoms. The molecule has 1 aromatic heterocycles. The van der Waals surface area contributed by atoms with Gasteiger partial charge in [-0.05, 0) is 29.8 Å². The van der Waals surface area contributed by atoms with E-state index < -0.39 is 11.6 Å². The highest BCUT2D eigenvalue weighted by molar-refractivity contribution is 5.94. The minimum absolute atomic E-state index is 0.180. The molecule has 1 heterocycles. The molecule has 0 atom stereocenters. The van der Waals surface area contributed by atoms with Crippen LogP contribution in [0.1, 0.15) is 15.9 Å². The standard InChI is InChI=1S/C18H16F2N4O/c1-23(10-12-3-8-15(19)16(20)9-12)18(25)14-6-4-13(5-7-14)17-21-11-24(2)22-17/h3-9,11H,10H2,1-2H3. The highest BCUT2D eigenvalue weighted by Gasteiger charge is 2.14. The second kappa shape index (κ2) is 6.80. The predicted octanol–water partition coefficient (Wildman–Crippen LogP) is 3.03. The third kappa shape index (κ3) is 3.71. The lowest BCUT2D eigenvalue weighted by Crippen LogP contribution is -2.26. The van der Waals surface area contributed by atoms with Crippen molar-refractivity contribution in [2.75, 3.05) is 7.05 Å². The zero-order valence-electron chi connectivity index (χ0n) is 13.8. The van der Waals surface area contributed by atoms with Crippen LogP contribution in [-0.4, -0.2) is 32.6 Å². The van der Waals surface area contributed by atoms with Gasteiger partial charge in [-0.2, -0.15) is 5.10 Å². The van der Waals surface area contributed by atoms with Crippen LogP contribution in [0.15, 0.2) is 48.8 Å². The highest BCUT2D eigenvalue weighted by Crippen LogP contribution is 2.17. The Hall–Kier alpha value is -3.09. The maximum Gasteiger partial charge on any atom is 0.253 e. The summed E-state index contributed by atoms with van der Waals surface area (Å²) in [6, 6.07) is 10.5. The first-order valence-electron chi connectivity index (χ1n) is 7.59. The monoisotopic (exact) mass is 342 g/mol. The van der Waals surface area contributed by atoms with Crippen molar-refractivity contribution in [3.8, 4) is 11.4 Å². The van der Waals surface area contributed by atoms with Gasteiger partial charge in [0.15, 0.2) is 17.5 Å². The maximum absolute atomic E-state index is 13.3. The number of benzene rings is 2. The Kier molecular flexibility index (Phi) is 4.56. The van der Waals surface area contributed by atoms with Gasteiger partial charge in [0.2, 0.25) is 0 Å². The van der Waals surface area contributed by atoms with Gasteiger partial charge in [-0.25, -0.2) is 13.8 Å². The second-order valence-corrected chi connectivity index (χ2v) is 5.73. The molecule has 0 aliphatic rings. The Labute approximate surface area is 143 Å². The molecule has 0 radical (unpaired) electrons. The first-order chi connectivity index (χ1) is 11.9. The Balaban J connectivity index is 1.72. The fourth-order valence-electron chi connectivity index (χ4n) is 2.44. The van der Waals surface area contributed by atoms with Gasteiger partial charge < -0.3 is 4.90 Å². The number of hydrogen-bond acceptors (Lipinski definition) is 3. The Morgan fingerprint density at radius 1 is 1.12 bits per heavy atom. The smallest absolute Gasteiger partial charge is 0.253 e. The molecule has 0 saturated heterocycles. The molecule has 0 saturated carbocycles. The summed E-state index contributed by atoms with van der Waals surface area (Å²) in [5.74, 6) is -1.47. The van der Waals surface area contributed by atoms with E-state index in [0.717, 1.165) is 17.7 Å². The van der Waals surface area contributed by atoms with E-state index in [-0.39, 0.29) is 12.5 Å². The predicted molar refractivity (Wildman–Crippen MR) is 88.6 cm³/mol. The van der Waals surface area contributed by atoms with Crippen molar-refractivity contribution in [1.29, 1.82) is 0 Å². The van der Waals surface area contributed by atoms with Crippen molar-refractivity contribution < 1.29 is 13.6 Å². The summed E-state index contributed by atoms with van der Waals surface area (Å²) in [5.41, 5.74) is 1.81. The summed E-state index contributed by atoms with van der Waals surface area (Å²) >= 11 is 0. The molecule has 3 aromatic rings. The molecular formula is C18H16F2N4O. The first kappa shape index (κ1) is 16.8. The van der Waals surface area contributed by atoms with Crippen LogP contribution in [0.25, 0.3) is 11.4 Å². The van der Waals surface area contributed by atoms with Gasteiger partial charge >= 0.3 is 0 Å². The fraction of sp³-hybridized carbons (Fsp3) is 0.167. The van der Waals surface area contributed by atoms with Crippen LogP contribution in [0, 0.1) is 11.6 Å². The molecule has 0 bridgehead atoms. The molecule has 25 heavy (non-hydrogen) atoms. The number of halogens is 2. The van der Waals surface area contributed by atoms with Crippen LogP contribution < -0.4 is 0 Å². The number of aromatic nitrogens is 3. The topological polar surface area (TPSA) is 51.0 Å². The van der Waals surface area contributed by atoms with Crippen molar-refractivity contribution in [3.05, 3.63) is 71.6 Å². The molecule has 0 aliphatic carbocycles. The number of nitrogens with zero attached hydrogens (tertiary/aromatic N) is 4. The third-order valence-corrected chi connectivity index (χ3v) is 3.74. The molecule has 0 aliphatic heterocycles. The number of rotatable bonds is 4. The van der Waals surface area contributed by atoms with Gasteiger partial charge in [0, 0.05) is 31.8 Å². The van der Waals surface area contributed by atoms with Gasteiger partial charge in [0.25, 0.3) is 5.91 Å². The molecule has 1 amide bonds. The Morgan fingerprint density at radius 2 is 1.84 bits per heavy atom. The molecule has 7 heteroatoms. The van der Waals surface area contributed by atoms with Crippen LogP contribution in [0.5, 0.6) is 0 Å². The van der Waals surface area contributed by atoms with Crippen LogP contribution in [0.2, 0.25) is 0 Å². The molecule has 0 N–H and O–H groups in total. The van der Waals surface area contributed by atoms with Crippen LogP contribution in [-0.2, 0) is 13.6 Å². The van der Waals surface area contributed by atoms with Crippen LogP contribution in [0.4, 0.5) is 8.78 Å². The van der Waals surface area contributed by atoms with E-state index in [1.165, 1.54) is 11.0 Å². The normalized spacial score (nSPS) is 10.7. The summed E-state index contributed by atoms with van der Waals surface area (Å²) in [4.78, 5) is 18.1. The molecular weight excluding hydrogens is 326 g/mol. The number of carbonyl (C=O) groups excluding carboxylic acids is 1. The van der Waals surface area contributed by atoms with E-state index in [1.54, 1.807) is 49.4 Å². The lowest BCUT2D eigenvalue weighted by molar-refractivity contribution is 0.0785. The third-order valence-electron chi connectivity index (χ3n) is 3.74. The lowest BCUT2D eigenvalue weighted by Gasteiger charge is -2.17. The van der Waals surface area contributed by atoms with E-state index >= 15 is 0 Å². The lowest BCUT2D eigenvalue weighted by atomic mass is 10.1. The zero-order chi connectivity index (χ0) is 18.0. The fourth-order valence-corrected chi connectivity index (χ4v) is 2.44. The highest BCUT2D eigenvalue weighted by atomic mass is 19.2. The average Bonchev–Trinajstić information content (AvgIpc) is 3.04. The average molecular weight is 342 g/mol. The first-order valence-corrected chi connectivity index (χ1v) is 7.59. The summed E-state index contributed by atoms with van der Waals surface area (Å²) in [6.07, 6.45) is 1.60. The molecule has 0 unspecified atom stereocenters. The molecule has 0 fully saturated rings. The quantitative estimate of drug-likeness (QED) is 0.732. The number of aryl methyl sites for hydroxylation is 1. The number of amides is 1. The maximum atomic E-state index is 13.3. The van der Waals surface area contributed by atoms with E-state index in [4.69, 9.17) is 0 Å². The van der Waals surface area contributed by atoms with Crippen LogP contribution >= 0.6 is 0 Å². The summed E-state index contributed by atoms with van der Waals surface area (Å²) in [6.45, 7) is 0.180. The Bertz CT molecular complexity index is 906. The summed E-state index contributed by atoms with van der Waals surface area (Å²) in [5, 5.41) is 4.21. The molecule has 5 nitrogen and oxygen atoms in total. The molecule has 128 valence electrons. The van der Waals surface area contributed by atoms with Gasteiger partial charge in [-0.1, -0.05) is 18.2 Å². The van der Waals surface area contributed by atoms with Crippen molar-refractivity contribution in [2.24, 2.45) is 7.05 Å². The van der Waals surface area contributed by atoms with Crippen LogP contribution in [0.3, 0.4) is 0 Å². The van der Waals surface area contributed by atoms with E-state index in [0.29, 0.717) is 17.0 Å². The summed E-state index contributed by atoms with van der Waals surface area (Å²) < 4.78 is 27.8. The van der Waals surface area contributed by atoms with E-state index in [1.807, 2.05) is 0 Å². The van der Waals surface area contributed by atoms with Gasteiger partial charge in [0.05, 0.1) is 0 Å². The Morgan fingerprint density at radius 3 is 2.44 bits per heavy atom. The van der Waals surface area contributed by atoms with Crippen molar-refractivity contribution >= 4 is 5.91 Å². The molecule has 2 aromatic carbocycles. The number of carbonyl (C=O) groups is 1. The van der Waals surface area contributed by atoms with Crippen molar-refractivity contribution in [2.45, 2.75) is 6.54 Å². The van der Waals surface area contributed by atoms with E-state index in [9.17, 15) is 13.6 Å². The van der Waals surface area contributed by atoms with Gasteiger partial charge in [-0.3, -0.25) is 9.48 Å². The minimum atomic E-state index is -0.925. The van der Waals surface area contributed by atoms with Crippen molar-refractivity contribution in [3.63, 3.8) is 0 Å². The SMILES string of the molecule is CN(Cc1ccc(F)c(F)c1)C(=O)c1ccc(-c2ncn(C)n2)cc1. The van der Waals surface area contributed by atoms with E-state index in [2.05, 4.69) is 10.1 Å². The van der Waals surface area contributed by atoms with Gasteiger partial charge in [0.1, 0.15) is 6.33 Å². The second-order valence-electron chi connectivity index (χ2n) is 5.73. The van der Waals surface area contributed by atoms with Crippen molar-refractivity contribution in [1.82, 2.24) is 19.7 Å². The summed E-state index contributed by atoms with van der Waals surface area (Å²) in [7, 11) is 3.39. The molecule has 3 rings (SSSR count).